The van der Waals surface area contributed by atoms with E-state index in [1.165, 1.54) is 6.08 Å². The molecule has 2 aliphatic heterocycles. The Kier molecular flexibility index (Phi) is 9.11. The van der Waals surface area contributed by atoms with Crippen molar-refractivity contribution in [3.05, 3.63) is 12.7 Å². The maximum atomic E-state index is 12.8. The van der Waals surface area contributed by atoms with Crippen LogP contribution in [0.1, 0.15) is 38.5 Å². The highest BCUT2D eigenvalue weighted by atomic mass is 31.2. The SMILES string of the molecule is C=CC(=O)NC1CCC(OC)C(NC2CC(NC3NCCCC3P(C)(C)=O)NCN2)C1. The Morgan fingerprint density at radius 3 is 2.52 bits per heavy atom. The smallest absolute Gasteiger partial charge is 0.243 e. The molecule has 6 N–H and O–H groups in total. The molecule has 2 heterocycles. The van der Waals surface area contributed by atoms with Crippen molar-refractivity contribution in [2.75, 3.05) is 33.7 Å². The highest BCUT2D eigenvalue weighted by Gasteiger charge is 2.37. The quantitative estimate of drug-likeness (QED) is 0.228. The molecule has 0 aromatic heterocycles. The molecular weight excluding hydrogens is 415 g/mol. The summed E-state index contributed by atoms with van der Waals surface area (Å²) in [6, 6.07) is 0.276. The first-order chi connectivity index (χ1) is 14.8. The summed E-state index contributed by atoms with van der Waals surface area (Å²) in [6.45, 7) is 8.98. The third-order valence-electron chi connectivity index (χ3n) is 6.81. The van der Waals surface area contributed by atoms with Crippen molar-refractivity contribution in [2.45, 2.75) is 80.9 Å². The van der Waals surface area contributed by atoms with Crippen LogP contribution >= 0.6 is 7.14 Å². The minimum atomic E-state index is -2.18. The molecule has 1 amide bonds. The summed E-state index contributed by atoms with van der Waals surface area (Å²) >= 11 is 0. The zero-order chi connectivity index (χ0) is 22.4. The molecule has 3 aliphatic rings. The van der Waals surface area contributed by atoms with E-state index < -0.39 is 7.14 Å². The van der Waals surface area contributed by atoms with Crippen molar-refractivity contribution in [3.63, 3.8) is 0 Å². The van der Waals surface area contributed by atoms with Gasteiger partial charge < -0.3 is 19.9 Å². The second-order valence-corrected chi connectivity index (χ2v) is 13.0. The van der Waals surface area contributed by atoms with E-state index in [4.69, 9.17) is 4.74 Å². The van der Waals surface area contributed by atoms with E-state index in [2.05, 4.69) is 38.5 Å². The van der Waals surface area contributed by atoms with Gasteiger partial charge in [-0.3, -0.25) is 26.1 Å². The van der Waals surface area contributed by atoms with E-state index in [1.54, 1.807) is 7.11 Å². The van der Waals surface area contributed by atoms with Gasteiger partial charge in [-0.25, -0.2) is 0 Å². The van der Waals surface area contributed by atoms with Crippen molar-refractivity contribution in [1.29, 1.82) is 0 Å². The van der Waals surface area contributed by atoms with Gasteiger partial charge in [-0.15, -0.1) is 0 Å². The number of hydrogen-bond acceptors (Lipinski definition) is 8. The van der Waals surface area contributed by atoms with E-state index in [9.17, 15) is 9.36 Å². The molecule has 7 atom stereocenters. The molecule has 0 bridgehead atoms. The number of hydrogen-bond donors (Lipinski definition) is 6. The molecule has 0 aromatic rings. The predicted molar refractivity (Wildman–Crippen MR) is 124 cm³/mol. The summed E-state index contributed by atoms with van der Waals surface area (Å²) in [6.07, 6.45) is 7.29. The topological polar surface area (TPSA) is 116 Å². The lowest BCUT2D eigenvalue weighted by atomic mass is 9.88. The Balaban J connectivity index is 1.56. The number of methoxy groups -OCH3 is 1. The van der Waals surface area contributed by atoms with Crippen LogP contribution < -0.4 is 31.9 Å². The number of carbonyl (C=O) groups excluding carboxylic acids is 1. The standard InChI is InChI=1S/C21H41N6O3P/c1-5-20(28)25-14-8-9-16(30-2)15(11-14)26-18-12-19(24-13-23-18)27-21-17(31(3,4)29)7-6-10-22-21/h5,14-19,21-24,26-27H,1,6-13H2,2-4H3,(H,25,28). The first-order valence-electron chi connectivity index (χ1n) is 11.5. The van der Waals surface area contributed by atoms with Gasteiger partial charge in [0.05, 0.1) is 31.7 Å². The molecule has 3 fully saturated rings. The molecule has 31 heavy (non-hydrogen) atoms. The summed E-state index contributed by atoms with van der Waals surface area (Å²) in [5, 5.41) is 20.9. The minimum Gasteiger partial charge on any atom is -0.380 e. The summed E-state index contributed by atoms with van der Waals surface area (Å²) in [5.41, 5.74) is 0.162. The first kappa shape index (κ1) is 24.8. The van der Waals surface area contributed by atoms with Crippen molar-refractivity contribution in [2.24, 2.45) is 0 Å². The Bertz CT molecular complexity index is 659. The van der Waals surface area contributed by atoms with Crippen LogP contribution in [0.25, 0.3) is 0 Å². The van der Waals surface area contributed by atoms with Gasteiger partial charge in [-0.2, -0.15) is 0 Å². The number of piperidine rings is 1. The van der Waals surface area contributed by atoms with Crippen molar-refractivity contribution < 1.29 is 14.1 Å². The van der Waals surface area contributed by atoms with Crippen LogP contribution in [0.15, 0.2) is 12.7 Å². The average Bonchev–Trinajstić information content (AvgIpc) is 2.74. The second-order valence-electron chi connectivity index (χ2n) is 9.44. The number of carbonyl (C=O) groups is 1. The van der Waals surface area contributed by atoms with Crippen LogP contribution in [0.5, 0.6) is 0 Å². The van der Waals surface area contributed by atoms with E-state index in [0.717, 1.165) is 45.1 Å². The lowest BCUT2D eigenvalue weighted by Gasteiger charge is -2.43. The molecule has 2 saturated heterocycles. The number of ether oxygens (including phenoxy) is 1. The highest BCUT2D eigenvalue weighted by molar-refractivity contribution is 7.63. The van der Waals surface area contributed by atoms with Gasteiger partial charge >= 0.3 is 0 Å². The molecule has 0 radical (unpaired) electrons. The van der Waals surface area contributed by atoms with E-state index in [1.807, 2.05) is 13.3 Å². The summed E-state index contributed by atoms with van der Waals surface area (Å²) < 4.78 is 18.5. The fraction of sp³-hybridized carbons (Fsp3) is 0.857. The van der Waals surface area contributed by atoms with Crippen LogP contribution in [0.4, 0.5) is 0 Å². The fourth-order valence-corrected chi connectivity index (χ4v) is 6.85. The molecule has 0 spiro atoms. The van der Waals surface area contributed by atoms with Crippen LogP contribution in [0, 0.1) is 0 Å². The molecular formula is C21H41N6O3P. The zero-order valence-electron chi connectivity index (χ0n) is 19.2. The molecule has 7 unspecified atom stereocenters. The van der Waals surface area contributed by atoms with Gasteiger partial charge in [0.15, 0.2) is 0 Å². The molecule has 178 valence electrons. The Hall–Kier alpha value is -0.800. The Labute approximate surface area is 186 Å². The van der Waals surface area contributed by atoms with Gasteiger partial charge in [0, 0.05) is 37.9 Å². The third-order valence-corrected chi connectivity index (χ3v) is 8.96. The number of nitrogens with one attached hydrogen (secondary N) is 6. The number of amides is 1. The molecule has 1 saturated carbocycles. The minimum absolute atomic E-state index is 0.0609. The fourth-order valence-electron chi connectivity index (χ4n) is 5.14. The van der Waals surface area contributed by atoms with Crippen molar-refractivity contribution in [3.8, 4) is 0 Å². The molecule has 0 aromatic carbocycles. The molecule has 3 rings (SSSR count). The van der Waals surface area contributed by atoms with Gasteiger partial charge in [0.2, 0.25) is 5.91 Å². The number of rotatable bonds is 8. The van der Waals surface area contributed by atoms with E-state index in [-0.39, 0.29) is 48.3 Å². The first-order valence-corrected chi connectivity index (χ1v) is 14.2. The summed E-state index contributed by atoms with van der Waals surface area (Å²) in [4.78, 5) is 11.7. The average molecular weight is 457 g/mol. The van der Waals surface area contributed by atoms with Crippen LogP contribution in [-0.4, -0.2) is 81.9 Å². The van der Waals surface area contributed by atoms with Crippen LogP contribution in [-0.2, 0) is 14.1 Å². The van der Waals surface area contributed by atoms with Gasteiger partial charge in [-0.1, -0.05) is 6.58 Å². The normalized spacial score (nSPS) is 37.2. The zero-order valence-corrected chi connectivity index (χ0v) is 20.0. The largest absolute Gasteiger partial charge is 0.380 e. The monoisotopic (exact) mass is 456 g/mol. The van der Waals surface area contributed by atoms with Gasteiger partial charge in [-0.05, 0) is 58.1 Å². The third kappa shape index (κ3) is 7.09. The maximum Gasteiger partial charge on any atom is 0.243 e. The molecule has 10 heteroatoms. The van der Waals surface area contributed by atoms with Gasteiger partial charge in [0.1, 0.15) is 0 Å². The van der Waals surface area contributed by atoms with Gasteiger partial charge in [0.25, 0.3) is 0 Å². The molecule has 1 aliphatic carbocycles. The summed E-state index contributed by atoms with van der Waals surface area (Å²) in [7, 11) is -0.430. The maximum absolute atomic E-state index is 12.8. The lowest BCUT2D eigenvalue weighted by molar-refractivity contribution is -0.117. The second kappa shape index (κ2) is 11.4. The van der Waals surface area contributed by atoms with E-state index in [0.29, 0.717) is 6.67 Å². The van der Waals surface area contributed by atoms with Crippen molar-refractivity contribution >= 4 is 13.0 Å². The Morgan fingerprint density at radius 2 is 1.84 bits per heavy atom. The van der Waals surface area contributed by atoms with Crippen molar-refractivity contribution in [1.82, 2.24) is 31.9 Å². The van der Waals surface area contributed by atoms with E-state index >= 15 is 0 Å². The Morgan fingerprint density at radius 1 is 1.10 bits per heavy atom. The predicted octanol–water partition coefficient (Wildman–Crippen LogP) is 0.297. The molecule has 9 nitrogen and oxygen atoms in total. The summed E-state index contributed by atoms with van der Waals surface area (Å²) in [5.74, 6) is -0.123. The van der Waals surface area contributed by atoms with Crippen LogP contribution in [0.2, 0.25) is 0 Å². The van der Waals surface area contributed by atoms with Crippen LogP contribution in [0.3, 0.4) is 0 Å². The lowest BCUT2D eigenvalue weighted by Crippen LogP contribution is -2.67. The highest BCUT2D eigenvalue weighted by Crippen LogP contribution is 2.46.